The Kier molecular flexibility index (Phi) is 4.00. The fourth-order valence-corrected chi connectivity index (χ4v) is 3.62. The van der Waals surface area contributed by atoms with Crippen LogP contribution in [0.2, 0.25) is 0 Å². The minimum Gasteiger partial charge on any atom is -0.308 e. The highest BCUT2D eigenvalue weighted by Crippen LogP contribution is 2.39. The second-order valence-corrected chi connectivity index (χ2v) is 6.67. The van der Waals surface area contributed by atoms with Gasteiger partial charge in [-0.2, -0.15) is 4.68 Å². The molecule has 118 valence electrons. The third kappa shape index (κ3) is 2.43. The first kappa shape index (κ1) is 15.2. The molecule has 0 radical (unpaired) electrons. The van der Waals surface area contributed by atoms with E-state index in [4.69, 9.17) is 0 Å². The average Bonchev–Trinajstić information content (AvgIpc) is 2.98. The van der Waals surface area contributed by atoms with E-state index in [-0.39, 0.29) is 5.54 Å². The van der Waals surface area contributed by atoms with Gasteiger partial charge in [0.05, 0.1) is 11.2 Å². The van der Waals surface area contributed by atoms with Gasteiger partial charge >= 0.3 is 0 Å². The molecule has 1 heterocycles. The molecule has 0 atom stereocenters. The quantitative estimate of drug-likeness (QED) is 0.947. The minimum atomic E-state index is -0.120. The van der Waals surface area contributed by atoms with Crippen LogP contribution in [0, 0.1) is 19.8 Å². The average molecular weight is 299 g/mol. The van der Waals surface area contributed by atoms with E-state index < -0.39 is 0 Å². The largest absolute Gasteiger partial charge is 0.308 e. The van der Waals surface area contributed by atoms with Crippen LogP contribution in [0.25, 0.3) is 5.69 Å². The number of nitrogens with one attached hydrogen (secondary N) is 1. The van der Waals surface area contributed by atoms with Crippen LogP contribution < -0.4 is 5.32 Å². The molecule has 0 unspecified atom stereocenters. The summed E-state index contributed by atoms with van der Waals surface area (Å²) in [6.45, 7) is 6.56. The smallest absolute Gasteiger partial charge is 0.176 e. The lowest BCUT2D eigenvalue weighted by Gasteiger charge is -2.38. The predicted molar refractivity (Wildman–Crippen MR) is 87.0 cm³/mol. The summed E-state index contributed by atoms with van der Waals surface area (Å²) in [4.78, 5) is 0. The fourth-order valence-electron chi connectivity index (χ4n) is 3.62. The van der Waals surface area contributed by atoms with E-state index in [0.29, 0.717) is 0 Å². The third-order valence-corrected chi connectivity index (χ3v) is 5.16. The molecule has 22 heavy (non-hydrogen) atoms. The van der Waals surface area contributed by atoms with Gasteiger partial charge in [0, 0.05) is 0 Å². The zero-order valence-electron chi connectivity index (χ0n) is 13.9. The van der Waals surface area contributed by atoms with Crippen LogP contribution in [0.5, 0.6) is 0 Å². The van der Waals surface area contributed by atoms with Crippen molar-refractivity contribution in [3.8, 4) is 5.69 Å². The van der Waals surface area contributed by atoms with Crippen LogP contribution in [-0.2, 0) is 5.54 Å². The van der Waals surface area contributed by atoms with E-state index in [0.717, 1.165) is 30.3 Å². The first-order valence-corrected chi connectivity index (χ1v) is 8.12. The molecule has 0 bridgehead atoms. The zero-order valence-corrected chi connectivity index (χ0v) is 13.9. The van der Waals surface area contributed by atoms with Crippen molar-refractivity contribution < 1.29 is 0 Å². The Hall–Kier alpha value is -1.75. The maximum atomic E-state index is 4.41. The van der Waals surface area contributed by atoms with Gasteiger partial charge in [-0.3, -0.25) is 0 Å². The molecule has 1 saturated carbocycles. The van der Waals surface area contributed by atoms with E-state index >= 15 is 0 Å². The second kappa shape index (κ2) is 5.80. The molecule has 1 aromatic carbocycles. The number of hydrogen-bond acceptors (Lipinski definition) is 4. The normalized spacial score (nSPS) is 25.4. The fraction of sp³-hybridized carbons (Fsp3) is 0.588. The van der Waals surface area contributed by atoms with Gasteiger partial charge in [0.15, 0.2) is 5.82 Å². The summed E-state index contributed by atoms with van der Waals surface area (Å²) in [5.74, 6) is 1.73. The Morgan fingerprint density at radius 3 is 2.41 bits per heavy atom. The van der Waals surface area contributed by atoms with Gasteiger partial charge in [-0.15, -0.1) is 5.10 Å². The summed E-state index contributed by atoms with van der Waals surface area (Å²) in [6.07, 6.45) is 4.58. The van der Waals surface area contributed by atoms with E-state index in [1.54, 1.807) is 0 Å². The number of nitrogens with zero attached hydrogens (tertiary/aromatic N) is 4. The van der Waals surface area contributed by atoms with Gasteiger partial charge in [0.2, 0.25) is 0 Å². The van der Waals surface area contributed by atoms with Crippen molar-refractivity contribution in [1.29, 1.82) is 0 Å². The van der Waals surface area contributed by atoms with E-state index in [1.807, 2.05) is 11.7 Å². The van der Waals surface area contributed by atoms with Crippen molar-refractivity contribution >= 4 is 0 Å². The molecule has 1 fully saturated rings. The van der Waals surface area contributed by atoms with Crippen molar-refractivity contribution in [2.75, 3.05) is 7.05 Å². The first-order chi connectivity index (χ1) is 10.6. The Labute approximate surface area is 132 Å². The molecule has 0 amide bonds. The lowest BCUT2D eigenvalue weighted by molar-refractivity contribution is 0.194. The Balaban J connectivity index is 2.09. The Bertz CT molecular complexity index is 633. The summed E-state index contributed by atoms with van der Waals surface area (Å²) < 4.78 is 1.94. The molecule has 3 rings (SSSR count). The number of aromatic nitrogens is 4. The van der Waals surface area contributed by atoms with Crippen molar-refractivity contribution in [1.82, 2.24) is 25.5 Å². The van der Waals surface area contributed by atoms with Crippen LogP contribution in [0.1, 0.15) is 49.6 Å². The van der Waals surface area contributed by atoms with Crippen molar-refractivity contribution in [3.05, 3.63) is 35.2 Å². The van der Waals surface area contributed by atoms with Gasteiger partial charge in [0.25, 0.3) is 0 Å². The van der Waals surface area contributed by atoms with Crippen molar-refractivity contribution in [2.24, 2.45) is 5.92 Å². The monoisotopic (exact) mass is 299 g/mol. The van der Waals surface area contributed by atoms with Crippen LogP contribution >= 0.6 is 0 Å². The molecule has 5 nitrogen and oxygen atoms in total. The molecule has 1 aromatic heterocycles. The third-order valence-electron chi connectivity index (χ3n) is 5.16. The summed E-state index contributed by atoms with van der Waals surface area (Å²) in [5, 5.41) is 16.2. The summed E-state index contributed by atoms with van der Waals surface area (Å²) in [5.41, 5.74) is 3.38. The highest BCUT2D eigenvalue weighted by Gasteiger charge is 2.39. The lowest BCUT2D eigenvalue weighted by atomic mass is 9.76. The lowest BCUT2D eigenvalue weighted by Crippen LogP contribution is -2.45. The van der Waals surface area contributed by atoms with Gasteiger partial charge in [0.1, 0.15) is 0 Å². The van der Waals surface area contributed by atoms with E-state index in [2.05, 4.69) is 59.8 Å². The molecular formula is C17H25N5. The Morgan fingerprint density at radius 2 is 1.82 bits per heavy atom. The van der Waals surface area contributed by atoms with Crippen molar-refractivity contribution in [2.45, 2.75) is 52.0 Å². The number of para-hydroxylation sites is 1. The maximum Gasteiger partial charge on any atom is 0.176 e. The SMILES string of the molecule is CNC1(c2nnnn2-c2c(C)cccc2C)CCC(C)CC1. The molecule has 2 aromatic rings. The summed E-state index contributed by atoms with van der Waals surface area (Å²) in [7, 11) is 2.03. The zero-order chi connectivity index (χ0) is 15.7. The topological polar surface area (TPSA) is 55.6 Å². The van der Waals surface area contributed by atoms with E-state index in [1.165, 1.54) is 24.0 Å². The van der Waals surface area contributed by atoms with Crippen LogP contribution in [0.15, 0.2) is 18.2 Å². The number of tetrazole rings is 1. The summed E-state index contributed by atoms with van der Waals surface area (Å²) >= 11 is 0. The Morgan fingerprint density at radius 1 is 1.18 bits per heavy atom. The van der Waals surface area contributed by atoms with Gasteiger partial charge in [-0.25, -0.2) is 0 Å². The molecule has 1 aliphatic rings. The van der Waals surface area contributed by atoms with Gasteiger partial charge < -0.3 is 5.32 Å². The number of benzene rings is 1. The van der Waals surface area contributed by atoms with Gasteiger partial charge in [-0.1, -0.05) is 25.1 Å². The van der Waals surface area contributed by atoms with Crippen LogP contribution in [0.4, 0.5) is 0 Å². The molecule has 0 spiro atoms. The molecule has 1 N–H and O–H groups in total. The predicted octanol–water partition coefficient (Wildman–Crippen LogP) is 2.90. The number of rotatable bonds is 3. The molecule has 1 aliphatic carbocycles. The molecule has 0 saturated heterocycles. The van der Waals surface area contributed by atoms with Gasteiger partial charge in [-0.05, 0) is 74.1 Å². The number of hydrogen-bond donors (Lipinski definition) is 1. The highest BCUT2D eigenvalue weighted by molar-refractivity contribution is 5.47. The van der Waals surface area contributed by atoms with Crippen molar-refractivity contribution in [3.63, 3.8) is 0 Å². The standard InChI is InChI=1S/C17H25N5/c1-12-8-10-17(18-4,11-9-12)16-19-20-21-22(16)15-13(2)6-5-7-14(15)3/h5-7,12,18H,8-11H2,1-4H3. The van der Waals surface area contributed by atoms with Crippen LogP contribution in [0.3, 0.4) is 0 Å². The number of aryl methyl sites for hydroxylation is 2. The molecule has 5 heteroatoms. The molecular weight excluding hydrogens is 274 g/mol. The first-order valence-electron chi connectivity index (χ1n) is 8.12. The second-order valence-electron chi connectivity index (χ2n) is 6.67. The minimum absolute atomic E-state index is 0.120. The molecule has 0 aliphatic heterocycles. The van der Waals surface area contributed by atoms with Crippen LogP contribution in [-0.4, -0.2) is 27.3 Å². The maximum absolute atomic E-state index is 4.41. The summed E-state index contributed by atoms with van der Waals surface area (Å²) in [6, 6.07) is 6.31. The highest BCUT2D eigenvalue weighted by atomic mass is 15.6. The van der Waals surface area contributed by atoms with E-state index in [9.17, 15) is 0 Å².